The van der Waals surface area contributed by atoms with E-state index < -0.39 is 5.97 Å². The Balaban J connectivity index is 1.42. The fourth-order valence-electron chi connectivity index (χ4n) is 3.42. The molecule has 1 aliphatic rings. The van der Waals surface area contributed by atoms with E-state index in [0.717, 1.165) is 61.2 Å². The van der Waals surface area contributed by atoms with Gasteiger partial charge in [-0.2, -0.15) is 0 Å². The number of anilines is 1. The van der Waals surface area contributed by atoms with Crippen molar-refractivity contribution in [3.8, 4) is 17.2 Å². The minimum Gasteiger partial charge on any atom is -0.493 e. The van der Waals surface area contributed by atoms with Crippen LogP contribution in [0.5, 0.6) is 17.2 Å². The number of benzene rings is 2. The Hall–Kier alpha value is -2.93. The molecule has 0 aliphatic carbocycles. The summed E-state index contributed by atoms with van der Waals surface area (Å²) in [7, 11) is 3.29. The molecule has 3 rings (SSSR count). The summed E-state index contributed by atoms with van der Waals surface area (Å²) < 4.78 is 16.5. The van der Waals surface area contributed by atoms with Gasteiger partial charge < -0.3 is 24.2 Å². The quantitative estimate of drug-likeness (QED) is 0.693. The highest BCUT2D eigenvalue weighted by molar-refractivity contribution is 5.70. The average molecular weight is 400 g/mol. The van der Waals surface area contributed by atoms with E-state index >= 15 is 0 Å². The summed E-state index contributed by atoms with van der Waals surface area (Å²) in [5.41, 5.74) is 1.91. The van der Waals surface area contributed by atoms with Crippen LogP contribution in [0.1, 0.15) is 5.56 Å². The average Bonchev–Trinajstić information content (AvgIpc) is 2.74. The minimum atomic E-state index is -0.828. The molecule has 29 heavy (non-hydrogen) atoms. The lowest BCUT2D eigenvalue weighted by Crippen LogP contribution is -2.47. The summed E-state index contributed by atoms with van der Waals surface area (Å²) >= 11 is 0. The highest BCUT2D eigenvalue weighted by Gasteiger charge is 2.18. The van der Waals surface area contributed by atoms with Crippen LogP contribution in [-0.4, -0.2) is 69.5 Å². The number of hydrogen-bond donors (Lipinski definition) is 1. The third-order valence-electron chi connectivity index (χ3n) is 5.06. The van der Waals surface area contributed by atoms with Gasteiger partial charge in [-0.1, -0.05) is 12.1 Å². The lowest BCUT2D eigenvalue weighted by molar-refractivity contribution is -0.136. The van der Waals surface area contributed by atoms with Crippen molar-refractivity contribution in [1.29, 1.82) is 0 Å². The Bertz CT molecular complexity index is 801. The fraction of sp³-hybridized carbons (Fsp3) is 0.409. The zero-order chi connectivity index (χ0) is 20.6. The second kappa shape index (κ2) is 10.0. The monoisotopic (exact) mass is 400 g/mol. The zero-order valence-corrected chi connectivity index (χ0v) is 17.0. The van der Waals surface area contributed by atoms with Crippen molar-refractivity contribution in [3.63, 3.8) is 0 Å². The van der Waals surface area contributed by atoms with Gasteiger partial charge in [0.25, 0.3) is 0 Å². The van der Waals surface area contributed by atoms with Crippen LogP contribution in [-0.2, 0) is 11.2 Å². The Labute approximate surface area is 171 Å². The third-order valence-corrected chi connectivity index (χ3v) is 5.06. The van der Waals surface area contributed by atoms with E-state index in [1.807, 2.05) is 24.3 Å². The Morgan fingerprint density at radius 2 is 1.66 bits per heavy atom. The van der Waals surface area contributed by atoms with Crippen molar-refractivity contribution in [3.05, 3.63) is 48.0 Å². The van der Waals surface area contributed by atoms with Crippen LogP contribution in [0.15, 0.2) is 42.5 Å². The number of rotatable bonds is 9. The molecule has 0 aromatic heterocycles. The van der Waals surface area contributed by atoms with E-state index in [2.05, 4.69) is 15.9 Å². The van der Waals surface area contributed by atoms with E-state index in [9.17, 15) is 4.79 Å². The van der Waals surface area contributed by atoms with Gasteiger partial charge >= 0.3 is 5.97 Å². The molecular weight excluding hydrogens is 372 g/mol. The SMILES string of the molecule is COc1ccc(N2CCN(CCOc3ccc(CC(=O)O)cc3)CC2)cc1OC. The molecule has 0 bridgehead atoms. The van der Waals surface area contributed by atoms with E-state index in [4.69, 9.17) is 19.3 Å². The van der Waals surface area contributed by atoms with Crippen LogP contribution in [0, 0.1) is 0 Å². The molecule has 0 saturated carbocycles. The second-order valence-electron chi connectivity index (χ2n) is 6.93. The molecule has 7 heteroatoms. The Kier molecular flexibility index (Phi) is 7.19. The lowest BCUT2D eigenvalue weighted by atomic mass is 10.1. The number of carbonyl (C=O) groups is 1. The molecule has 1 aliphatic heterocycles. The number of methoxy groups -OCH3 is 2. The van der Waals surface area contributed by atoms with Crippen molar-refractivity contribution >= 4 is 11.7 Å². The van der Waals surface area contributed by atoms with E-state index in [-0.39, 0.29) is 6.42 Å². The first kappa shape index (κ1) is 20.8. The van der Waals surface area contributed by atoms with Crippen molar-refractivity contribution in [2.45, 2.75) is 6.42 Å². The van der Waals surface area contributed by atoms with Crippen LogP contribution >= 0.6 is 0 Å². The maximum atomic E-state index is 10.7. The van der Waals surface area contributed by atoms with Gasteiger partial charge in [0.15, 0.2) is 11.5 Å². The number of aliphatic carboxylic acids is 1. The summed E-state index contributed by atoms with van der Waals surface area (Å²) in [6, 6.07) is 13.3. The number of carboxylic acid groups (broad SMARTS) is 1. The van der Waals surface area contributed by atoms with Crippen molar-refractivity contribution in [2.75, 3.05) is 58.5 Å². The molecule has 0 spiro atoms. The summed E-state index contributed by atoms with van der Waals surface area (Å²) in [4.78, 5) is 15.5. The molecule has 0 unspecified atom stereocenters. The molecule has 0 amide bonds. The third kappa shape index (κ3) is 5.77. The van der Waals surface area contributed by atoms with E-state index in [0.29, 0.717) is 6.61 Å². The summed E-state index contributed by atoms with van der Waals surface area (Å²) in [6.45, 7) is 5.29. The smallest absolute Gasteiger partial charge is 0.307 e. The van der Waals surface area contributed by atoms with Crippen LogP contribution in [0.2, 0.25) is 0 Å². The summed E-state index contributed by atoms with van der Waals surface area (Å²) in [6.07, 6.45) is 0.0324. The largest absolute Gasteiger partial charge is 0.493 e. The van der Waals surface area contributed by atoms with Gasteiger partial charge in [0, 0.05) is 44.5 Å². The number of carboxylic acids is 1. The zero-order valence-electron chi connectivity index (χ0n) is 17.0. The predicted octanol–water partition coefficient (Wildman–Crippen LogP) is 2.53. The second-order valence-corrected chi connectivity index (χ2v) is 6.93. The lowest BCUT2D eigenvalue weighted by Gasteiger charge is -2.36. The van der Waals surface area contributed by atoms with Gasteiger partial charge in [-0.3, -0.25) is 9.69 Å². The molecule has 7 nitrogen and oxygen atoms in total. The maximum absolute atomic E-state index is 10.7. The number of ether oxygens (including phenoxy) is 3. The van der Waals surface area contributed by atoms with Gasteiger partial charge in [-0.05, 0) is 29.8 Å². The summed E-state index contributed by atoms with van der Waals surface area (Å²) in [5, 5.41) is 8.81. The molecule has 2 aromatic carbocycles. The minimum absolute atomic E-state index is 0.0324. The van der Waals surface area contributed by atoms with E-state index in [1.54, 1.807) is 26.4 Å². The van der Waals surface area contributed by atoms with Crippen molar-refractivity contribution in [1.82, 2.24) is 4.90 Å². The van der Waals surface area contributed by atoms with Crippen LogP contribution in [0.3, 0.4) is 0 Å². The molecule has 1 heterocycles. The topological polar surface area (TPSA) is 71.5 Å². The van der Waals surface area contributed by atoms with Crippen molar-refractivity contribution in [2.24, 2.45) is 0 Å². The summed E-state index contributed by atoms with van der Waals surface area (Å²) in [5.74, 6) is 1.42. The van der Waals surface area contributed by atoms with E-state index in [1.165, 1.54) is 0 Å². The van der Waals surface area contributed by atoms with Gasteiger partial charge in [0.2, 0.25) is 0 Å². The Morgan fingerprint density at radius 3 is 2.28 bits per heavy atom. The maximum Gasteiger partial charge on any atom is 0.307 e. The van der Waals surface area contributed by atoms with Crippen LogP contribution in [0.25, 0.3) is 0 Å². The Morgan fingerprint density at radius 1 is 0.966 bits per heavy atom. The molecule has 1 fully saturated rings. The molecule has 1 saturated heterocycles. The standard InChI is InChI=1S/C22H28N2O5/c1-27-20-8-5-18(16-21(20)28-2)24-11-9-23(10-12-24)13-14-29-19-6-3-17(4-7-19)15-22(25)26/h3-8,16H,9-15H2,1-2H3,(H,25,26). The highest BCUT2D eigenvalue weighted by Crippen LogP contribution is 2.31. The van der Waals surface area contributed by atoms with Gasteiger partial charge in [0.1, 0.15) is 12.4 Å². The van der Waals surface area contributed by atoms with Gasteiger partial charge in [-0.15, -0.1) is 0 Å². The first-order valence-electron chi connectivity index (χ1n) is 9.72. The van der Waals surface area contributed by atoms with Gasteiger partial charge in [0.05, 0.1) is 20.6 Å². The first-order chi connectivity index (χ1) is 14.1. The molecule has 156 valence electrons. The van der Waals surface area contributed by atoms with Crippen molar-refractivity contribution < 1.29 is 24.1 Å². The molecule has 2 aromatic rings. The van der Waals surface area contributed by atoms with Crippen LogP contribution in [0.4, 0.5) is 5.69 Å². The normalized spacial score (nSPS) is 14.5. The van der Waals surface area contributed by atoms with Crippen LogP contribution < -0.4 is 19.1 Å². The fourth-order valence-corrected chi connectivity index (χ4v) is 3.42. The molecule has 0 radical (unpaired) electrons. The molecular formula is C22H28N2O5. The number of hydrogen-bond acceptors (Lipinski definition) is 6. The van der Waals surface area contributed by atoms with Gasteiger partial charge in [-0.25, -0.2) is 0 Å². The predicted molar refractivity (Wildman–Crippen MR) is 111 cm³/mol. The number of nitrogens with zero attached hydrogens (tertiary/aromatic N) is 2. The first-order valence-corrected chi connectivity index (χ1v) is 9.72. The highest BCUT2D eigenvalue weighted by atomic mass is 16.5. The molecule has 1 N–H and O–H groups in total. The number of piperazine rings is 1. The molecule has 0 atom stereocenters.